The number of aromatic hydroxyl groups is 1. The minimum Gasteiger partial charge on any atom is -0.508 e. The number of hydrogen-bond acceptors (Lipinski definition) is 3. The average Bonchev–Trinajstić information content (AvgIpc) is 2.16. The zero-order valence-corrected chi connectivity index (χ0v) is 8.01. The van der Waals surface area contributed by atoms with Crippen LogP contribution in [0.25, 0.3) is 0 Å². The SMILES string of the molecule is CCC(Cc1ccccc1O)[N+](=O)[O-]. The van der Waals surface area contributed by atoms with E-state index in [4.69, 9.17) is 0 Å². The highest BCUT2D eigenvalue weighted by molar-refractivity contribution is 5.32. The van der Waals surface area contributed by atoms with Crippen LogP contribution in [0.1, 0.15) is 18.9 Å². The molecule has 0 radical (unpaired) electrons. The molecule has 0 fully saturated rings. The van der Waals surface area contributed by atoms with Gasteiger partial charge in [0.25, 0.3) is 0 Å². The van der Waals surface area contributed by atoms with Gasteiger partial charge in [-0.3, -0.25) is 10.1 Å². The van der Waals surface area contributed by atoms with Crippen molar-refractivity contribution < 1.29 is 10.0 Å². The summed E-state index contributed by atoms with van der Waals surface area (Å²) >= 11 is 0. The Morgan fingerprint density at radius 3 is 2.64 bits per heavy atom. The van der Waals surface area contributed by atoms with Crippen molar-refractivity contribution in [1.82, 2.24) is 0 Å². The third kappa shape index (κ3) is 2.45. The lowest BCUT2D eigenvalue weighted by Crippen LogP contribution is -2.21. The minimum absolute atomic E-state index is 0.132. The van der Waals surface area contributed by atoms with Crippen molar-refractivity contribution in [3.63, 3.8) is 0 Å². The van der Waals surface area contributed by atoms with Crippen LogP contribution in [0, 0.1) is 10.1 Å². The summed E-state index contributed by atoms with van der Waals surface area (Å²) in [4.78, 5) is 10.3. The molecule has 4 nitrogen and oxygen atoms in total. The van der Waals surface area contributed by atoms with E-state index in [0.29, 0.717) is 12.0 Å². The van der Waals surface area contributed by atoms with Gasteiger partial charge in [0.15, 0.2) is 0 Å². The summed E-state index contributed by atoms with van der Waals surface area (Å²) in [7, 11) is 0. The predicted molar refractivity (Wildman–Crippen MR) is 52.9 cm³/mol. The number of phenols is 1. The van der Waals surface area contributed by atoms with E-state index in [1.807, 2.05) is 0 Å². The molecule has 1 aromatic rings. The van der Waals surface area contributed by atoms with Crippen molar-refractivity contribution in [3.8, 4) is 5.75 Å². The Labute approximate surface area is 82.3 Å². The number of para-hydroxylation sites is 1. The van der Waals surface area contributed by atoms with Gasteiger partial charge in [0.2, 0.25) is 6.04 Å². The number of nitrogens with zero attached hydrogens (tertiary/aromatic N) is 1. The lowest BCUT2D eigenvalue weighted by atomic mass is 10.0. The molecule has 0 aromatic heterocycles. The van der Waals surface area contributed by atoms with Gasteiger partial charge < -0.3 is 5.11 Å². The molecule has 0 saturated heterocycles. The second-order valence-corrected chi connectivity index (χ2v) is 3.18. The highest BCUT2D eigenvalue weighted by Crippen LogP contribution is 2.18. The Hall–Kier alpha value is -1.58. The number of benzene rings is 1. The fourth-order valence-electron chi connectivity index (χ4n) is 1.31. The molecule has 1 aromatic carbocycles. The topological polar surface area (TPSA) is 63.4 Å². The van der Waals surface area contributed by atoms with Gasteiger partial charge in [-0.15, -0.1) is 0 Å². The molecule has 0 aliphatic heterocycles. The van der Waals surface area contributed by atoms with Gasteiger partial charge >= 0.3 is 0 Å². The molecular weight excluding hydrogens is 182 g/mol. The maximum Gasteiger partial charge on any atom is 0.217 e. The van der Waals surface area contributed by atoms with E-state index in [2.05, 4.69) is 0 Å². The normalized spacial score (nSPS) is 12.4. The van der Waals surface area contributed by atoms with Crippen molar-refractivity contribution in [2.45, 2.75) is 25.8 Å². The zero-order chi connectivity index (χ0) is 10.6. The van der Waals surface area contributed by atoms with Gasteiger partial charge in [-0.25, -0.2) is 0 Å². The molecule has 0 aliphatic carbocycles. The fraction of sp³-hybridized carbons (Fsp3) is 0.400. The second kappa shape index (κ2) is 4.60. The van der Waals surface area contributed by atoms with E-state index < -0.39 is 6.04 Å². The molecule has 1 unspecified atom stereocenters. The number of hydrogen-bond donors (Lipinski definition) is 1. The minimum atomic E-state index is -0.608. The summed E-state index contributed by atoms with van der Waals surface area (Å²) in [6.07, 6.45) is 0.761. The molecule has 0 amide bonds. The average molecular weight is 195 g/mol. The van der Waals surface area contributed by atoms with Crippen molar-refractivity contribution in [1.29, 1.82) is 0 Å². The largest absolute Gasteiger partial charge is 0.508 e. The fourth-order valence-corrected chi connectivity index (χ4v) is 1.31. The van der Waals surface area contributed by atoms with Crippen LogP contribution in [0.3, 0.4) is 0 Å². The molecule has 0 bridgehead atoms. The van der Waals surface area contributed by atoms with Gasteiger partial charge in [-0.1, -0.05) is 25.1 Å². The van der Waals surface area contributed by atoms with Gasteiger partial charge in [-0.2, -0.15) is 0 Å². The molecule has 1 atom stereocenters. The Morgan fingerprint density at radius 2 is 2.14 bits per heavy atom. The van der Waals surface area contributed by atoms with E-state index >= 15 is 0 Å². The van der Waals surface area contributed by atoms with Crippen molar-refractivity contribution in [2.75, 3.05) is 0 Å². The van der Waals surface area contributed by atoms with E-state index in [9.17, 15) is 15.2 Å². The summed E-state index contributed by atoms with van der Waals surface area (Å²) in [6.45, 7) is 1.77. The smallest absolute Gasteiger partial charge is 0.217 e. The van der Waals surface area contributed by atoms with Crippen LogP contribution < -0.4 is 0 Å². The first-order valence-electron chi connectivity index (χ1n) is 4.55. The number of phenolic OH excluding ortho intramolecular Hbond substituents is 1. The van der Waals surface area contributed by atoms with Crippen molar-refractivity contribution in [3.05, 3.63) is 39.9 Å². The molecule has 0 heterocycles. The van der Waals surface area contributed by atoms with Crippen LogP contribution in [0.15, 0.2) is 24.3 Å². The molecule has 4 heteroatoms. The maximum absolute atomic E-state index is 10.6. The molecule has 0 spiro atoms. The van der Waals surface area contributed by atoms with E-state index in [0.717, 1.165) is 0 Å². The summed E-state index contributed by atoms with van der Waals surface area (Å²) in [6, 6.07) is 6.11. The number of nitro groups is 1. The molecule has 76 valence electrons. The van der Waals surface area contributed by atoms with Crippen LogP contribution in [0.5, 0.6) is 5.75 Å². The lowest BCUT2D eigenvalue weighted by molar-refractivity contribution is -0.522. The van der Waals surface area contributed by atoms with Crippen LogP contribution in [0.2, 0.25) is 0 Å². The molecule has 1 N–H and O–H groups in total. The van der Waals surface area contributed by atoms with Crippen LogP contribution >= 0.6 is 0 Å². The predicted octanol–water partition coefficient (Wildman–Crippen LogP) is 1.99. The Balaban J connectivity index is 2.77. The molecule has 0 saturated carbocycles. The first-order valence-corrected chi connectivity index (χ1v) is 4.55. The summed E-state index contributed by atoms with van der Waals surface area (Å²) in [5, 5.41) is 20.0. The summed E-state index contributed by atoms with van der Waals surface area (Å²) < 4.78 is 0. The van der Waals surface area contributed by atoms with Crippen LogP contribution in [0.4, 0.5) is 0 Å². The monoisotopic (exact) mass is 195 g/mol. The maximum atomic E-state index is 10.6. The van der Waals surface area contributed by atoms with Gasteiger partial charge in [0.05, 0.1) is 0 Å². The molecule has 1 rings (SSSR count). The highest BCUT2D eigenvalue weighted by Gasteiger charge is 2.19. The third-order valence-electron chi connectivity index (χ3n) is 2.22. The van der Waals surface area contributed by atoms with Gasteiger partial charge in [0, 0.05) is 23.3 Å². The van der Waals surface area contributed by atoms with Gasteiger partial charge in [0.1, 0.15) is 5.75 Å². The second-order valence-electron chi connectivity index (χ2n) is 3.18. The Morgan fingerprint density at radius 1 is 1.50 bits per heavy atom. The van der Waals surface area contributed by atoms with Crippen LogP contribution in [-0.2, 0) is 6.42 Å². The van der Waals surface area contributed by atoms with Crippen LogP contribution in [-0.4, -0.2) is 16.1 Å². The van der Waals surface area contributed by atoms with E-state index in [1.54, 1.807) is 31.2 Å². The quantitative estimate of drug-likeness (QED) is 0.590. The standard InChI is InChI=1S/C10H13NO3/c1-2-9(11(13)14)7-8-5-3-4-6-10(8)12/h3-6,9,12H,2,7H2,1H3. The van der Waals surface area contributed by atoms with Gasteiger partial charge in [-0.05, 0) is 6.07 Å². The Bertz CT molecular complexity index is 325. The number of rotatable bonds is 4. The highest BCUT2D eigenvalue weighted by atomic mass is 16.6. The lowest BCUT2D eigenvalue weighted by Gasteiger charge is -2.07. The molecular formula is C10H13NO3. The first kappa shape index (κ1) is 10.5. The first-order chi connectivity index (χ1) is 6.65. The molecule has 0 aliphatic rings. The summed E-state index contributed by atoms with van der Waals surface area (Å²) in [5.74, 6) is 0.132. The zero-order valence-electron chi connectivity index (χ0n) is 8.01. The third-order valence-corrected chi connectivity index (χ3v) is 2.22. The Kier molecular flexibility index (Phi) is 3.45. The van der Waals surface area contributed by atoms with E-state index in [-0.39, 0.29) is 17.1 Å². The molecule has 14 heavy (non-hydrogen) atoms. The summed E-state index contributed by atoms with van der Waals surface area (Å²) in [5.41, 5.74) is 0.635. The van der Waals surface area contributed by atoms with Crippen molar-refractivity contribution in [2.24, 2.45) is 0 Å². The van der Waals surface area contributed by atoms with E-state index in [1.165, 1.54) is 0 Å². The van der Waals surface area contributed by atoms with Crippen molar-refractivity contribution >= 4 is 0 Å².